The van der Waals surface area contributed by atoms with E-state index in [0.29, 0.717) is 0 Å². The molecule has 2 rings (SSSR count). The van der Waals surface area contributed by atoms with Crippen LogP contribution in [-0.4, -0.2) is 16.3 Å². The van der Waals surface area contributed by atoms with Crippen LogP contribution in [0.4, 0.5) is 0 Å². The molecule has 0 radical (unpaired) electrons. The smallest absolute Gasteiger partial charge is 0.120 e. The predicted octanol–water partition coefficient (Wildman–Crippen LogP) is 3.24. The summed E-state index contributed by atoms with van der Waals surface area (Å²) in [4.78, 5) is 0. The van der Waals surface area contributed by atoms with Crippen molar-refractivity contribution >= 4 is 0 Å². The third-order valence-corrected chi connectivity index (χ3v) is 2.30. The molecule has 0 saturated carbocycles. The van der Waals surface area contributed by atoms with Crippen molar-refractivity contribution in [3.8, 4) is 17.0 Å². The molecule has 2 aromatic rings. The summed E-state index contributed by atoms with van der Waals surface area (Å²) in [5.74, 6) is 0.861. The van der Waals surface area contributed by atoms with Crippen LogP contribution < -0.4 is 4.74 Å². The SMILES string of the molecule is Cc1ccc(-c2cccc(OC(C)C)c2)nn1. The zero-order valence-electron chi connectivity index (χ0n) is 10.3. The van der Waals surface area contributed by atoms with Gasteiger partial charge in [-0.25, -0.2) is 0 Å². The lowest BCUT2D eigenvalue weighted by atomic mass is 10.1. The number of aryl methyl sites for hydroxylation is 1. The van der Waals surface area contributed by atoms with Crippen molar-refractivity contribution in [3.63, 3.8) is 0 Å². The molecule has 0 unspecified atom stereocenters. The lowest BCUT2D eigenvalue weighted by Gasteiger charge is -2.10. The molecule has 0 bridgehead atoms. The molecule has 0 fully saturated rings. The molecule has 0 aliphatic carbocycles. The quantitative estimate of drug-likeness (QED) is 0.809. The van der Waals surface area contributed by atoms with Crippen LogP contribution in [0.25, 0.3) is 11.3 Å². The molecule has 88 valence electrons. The van der Waals surface area contributed by atoms with Crippen LogP contribution in [-0.2, 0) is 0 Å². The number of nitrogens with zero attached hydrogens (tertiary/aromatic N) is 2. The molecule has 0 atom stereocenters. The van der Waals surface area contributed by atoms with E-state index in [1.54, 1.807) is 0 Å². The topological polar surface area (TPSA) is 35.0 Å². The average molecular weight is 228 g/mol. The van der Waals surface area contributed by atoms with Gasteiger partial charge in [0.05, 0.1) is 17.5 Å². The molecule has 1 aromatic carbocycles. The minimum atomic E-state index is 0.175. The van der Waals surface area contributed by atoms with E-state index < -0.39 is 0 Å². The minimum Gasteiger partial charge on any atom is -0.491 e. The lowest BCUT2D eigenvalue weighted by molar-refractivity contribution is 0.242. The molecule has 17 heavy (non-hydrogen) atoms. The summed E-state index contributed by atoms with van der Waals surface area (Å²) in [6.07, 6.45) is 0.175. The zero-order valence-corrected chi connectivity index (χ0v) is 10.3. The first-order valence-corrected chi connectivity index (χ1v) is 5.72. The fraction of sp³-hybridized carbons (Fsp3) is 0.286. The van der Waals surface area contributed by atoms with Crippen LogP contribution in [0.5, 0.6) is 5.75 Å². The molecule has 0 aliphatic rings. The minimum absolute atomic E-state index is 0.175. The van der Waals surface area contributed by atoms with Crippen LogP contribution in [0, 0.1) is 6.92 Å². The number of aromatic nitrogens is 2. The van der Waals surface area contributed by atoms with Crippen molar-refractivity contribution in [3.05, 3.63) is 42.1 Å². The van der Waals surface area contributed by atoms with Crippen LogP contribution in [0.1, 0.15) is 19.5 Å². The van der Waals surface area contributed by atoms with Gasteiger partial charge in [-0.1, -0.05) is 12.1 Å². The Labute approximate surface area is 101 Å². The number of hydrogen-bond donors (Lipinski definition) is 0. The van der Waals surface area contributed by atoms with Gasteiger partial charge < -0.3 is 4.74 Å². The van der Waals surface area contributed by atoms with Gasteiger partial charge in [0, 0.05) is 5.56 Å². The molecule has 0 spiro atoms. The Balaban J connectivity index is 2.29. The third kappa shape index (κ3) is 3.03. The van der Waals surface area contributed by atoms with Crippen molar-refractivity contribution in [1.29, 1.82) is 0 Å². The first kappa shape index (κ1) is 11.6. The Hall–Kier alpha value is -1.90. The summed E-state index contributed by atoms with van der Waals surface area (Å²) >= 11 is 0. The third-order valence-electron chi connectivity index (χ3n) is 2.30. The van der Waals surface area contributed by atoms with Gasteiger partial charge in [0.1, 0.15) is 5.75 Å². The van der Waals surface area contributed by atoms with Gasteiger partial charge in [-0.2, -0.15) is 10.2 Å². The Morgan fingerprint density at radius 2 is 1.88 bits per heavy atom. The first-order valence-electron chi connectivity index (χ1n) is 5.72. The van der Waals surface area contributed by atoms with Crippen LogP contribution in [0.2, 0.25) is 0 Å². The van der Waals surface area contributed by atoms with Gasteiger partial charge in [0.2, 0.25) is 0 Å². The molecule has 0 aliphatic heterocycles. The van der Waals surface area contributed by atoms with Crippen LogP contribution in [0.15, 0.2) is 36.4 Å². The van der Waals surface area contributed by atoms with Crippen molar-refractivity contribution in [2.45, 2.75) is 26.9 Å². The van der Waals surface area contributed by atoms with E-state index >= 15 is 0 Å². The second-order valence-corrected chi connectivity index (χ2v) is 4.25. The van der Waals surface area contributed by atoms with Gasteiger partial charge in [0.25, 0.3) is 0 Å². The summed E-state index contributed by atoms with van der Waals surface area (Å²) in [5, 5.41) is 8.22. The summed E-state index contributed by atoms with van der Waals surface area (Å²) in [6.45, 7) is 5.95. The summed E-state index contributed by atoms with van der Waals surface area (Å²) in [6, 6.07) is 11.8. The Morgan fingerprint density at radius 3 is 2.53 bits per heavy atom. The maximum Gasteiger partial charge on any atom is 0.120 e. The highest BCUT2D eigenvalue weighted by atomic mass is 16.5. The molecular formula is C14H16N2O. The highest BCUT2D eigenvalue weighted by molar-refractivity contribution is 5.60. The van der Waals surface area contributed by atoms with Gasteiger partial charge in [-0.15, -0.1) is 0 Å². The van der Waals surface area contributed by atoms with Gasteiger partial charge in [-0.05, 0) is 45.0 Å². The highest BCUT2D eigenvalue weighted by Crippen LogP contribution is 2.22. The molecule has 0 amide bonds. The molecule has 3 heteroatoms. The zero-order chi connectivity index (χ0) is 12.3. The number of ether oxygens (including phenoxy) is 1. The van der Waals surface area contributed by atoms with Crippen molar-refractivity contribution in [1.82, 2.24) is 10.2 Å². The molecule has 1 aromatic heterocycles. The summed E-state index contributed by atoms with van der Waals surface area (Å²) in [5.41, 5.74) is 2.81. The maximum atomic E-state index is 5.65. The van der Waals surface area contributed by atoms with E-state index in [9.17, 15) is 0 Å². The van der Waals surface area contributed by atoms with Gasteiger partial charge >= 0.3 is 0 Å². The maximum absolute atomic E-state index is 5.65. The molecular weight excluding hydrogens is 212 g/mol. The standard InChI is InChI=1S/C14H16N2O/c1-10(2)17-13-6-4-5-12(9-13)14-8-7-11(3)15-16-14/h4-10H,1-3H3. The lowest BCUT2D eigenvalue weighted by Crippen LogP contribution is -2.05. The summed E-state index contributed by atoms with van der Waals surface area (Å²) in [7, 11) is 0. The fourth-order valence-electron chi connectivity index (χ4n) is 1.55. The highest BCUT2D eigenvalue weighted by Gasteiger charge is 2.03. The molecule has 0 N–H and O–H groups in total. The van der Waals surface area contributed by atoms with Crippen LogP contribution >= 0.6 is 0 Å². The Morgan fingerprint density at radius 1 is 1.06 bits per heavy atom. The van der Waals surface area contributed by atoms with Gasteiger partial charge in [-0.3, -0.25) is 0 Å². The van der Waals surface area contributed by atoms with E-state index in [0.717, 1.165) is 22.7 Å². The monoisotopic (exact) mass is 228 g/mol. The molecule has 0 saturated heterocycles. The van der Waals surface area contributed by atoms with Crippen molar-refractivity contribution in [2.24, 2.45) is 0 Å². The van der Waals surface area contributed by atoms with Crippen LogP contribution in [0.3, 0.4) is 0 Å². The predicted molar refractivity (Wildman–Crippen MR) is 68.0 cm³/mol. The van der Waals surface area contributed by atoms with E-state index in [1.807, 2.05) is 57.2 Å². The van der Waals surface area contributed by atoms with E-state index in [1.165, 1.54) is 0 Å². The Kier molecular flexibility index (Phi) is 3.38. The summed E-state index contributed by atoms with van der Waals surface area (Å²) < 4.78 is 5.65. The molecule has 3 nitrogen and oxygen atoms in total. The second-order valence-electron chi connectivity index (χ2n) is 4.25. The number of rotatable bonds is 3. The van der Waals surface area contributed by atoms with Crippen molar-refractivity contribution < 1.29 is 4.74 Å². The largest absolute Gasteiger partial charge is 0.491 e. The van der Waals surface area contributed by atoms with E-state index in [2.05, 4.69) is 10.2 Å². The normalized spacial score (nSPS) is 10.6. The first-order chi connectivity index (χ1) is 8.15. The van der Waals surface area contributed by atoms with Crippen molar-refractivity contribution in [2.75, 3.05) is 0 Å². The van der Waals surface area contributed by atoms with E-state index in [-0.39, 0.29) is 6.10 Å². The van der Waals surface area contributed by atoms with Gasteiger partial charge in [0.15, 0.2) is 0 Å². The second kappa shape index (κ2) is 4.95. The van der Waals surface area contributed by atoms with E-state index in [4.69, 9.17) is 4.74 Å². The Bertz CT molecular complexity index is 492. The number of benzene rings is 1. The average Bonchev–Trinajstić information content (AvgIpc) is 2.29. The molecule has 1 heterocycles. The fourth-order valence-corrected chi connectivity index (χ4v) is 1.55. The number of hydrogen-bond acceptors (Lipinski definition) is 3.